The van der Waals surface area contributed by atoms with Gasteiger partial charge in [0, 0.05) is 5.69 Å². The number of anilines is 1. The summed E-state index contributed by atoms with van der Waals surface area (Å²) in [5, 5.41) is 2.93. The molecule has 0 unspecified atom stereocenters. The van der Waals surface area contributed by atoms with Gasteiger partial charge in [-0.1, -0.05) is 0 Å². The second kappa shape index (κ2) is 5.40. The highest BCUT2D eigenvalue weighted by Gasteiger charge is 2.21. The summed E-state index contributed by atoms with van der Waals surface area (Å²) in [6.07, 6.45) is 0. The van der Waals surface area contributed by atoms with E-state index in [0.717, 1.165) is 22.6 Å². The van der Waals surface area contributed by atoms with Crippen molar-refractivity contribution in [2.75, 3.05) is 5.32 Å². The van der Waals surface area contributed by atoms with Gasteiger partial charge >= 0.3 is 0 Å². The van der Waals surface area contributed by atoms with E-state index >= 15 is 0 Å². The Morgan fingerprint density at radius 1 is 1.20 bits per heavy atom. The number of nitrogens with zero attached hydrogens (tertiary/aromatic N) is 1. The first-order valence-corrected chi connectivity index (χ1v) is 7.12. The van der Waals surface area contributed by atoms with Gasteiger partial charge in [-0.15, -0.1) is 0 Å². The Balaban J connectivity index is 2.38. The lowest BCUT2D eigenvalue weighted by Crippen LogP contribution is -2.15. The Kier molecular flexibility index (Phi) is 3.99. The van der Waals surface area contributed by atoms with Gasteiger partial charge in [-0.2, -0.15) is 0 Å². The van der Waals surface area contributed by atoms with E-state index in [4.69, 9.17) is 4.42 Å². The van der Waals surface area contributed by atoms with Gasteiger partial charge in [-0.05, 0) is 62.2 Å². The summed E-state index contributed by atoms with van der Waals surface area (Å²) in [6.45, 7) is 9.38. The van der Waals surface area contributed by atoms with Crippen molar-refractivity contribution in [1.29, 1.82) is 0 Å². The van der Waals surface area contributed by atoms with Gasteiger partial charge in [-0.3, -0.25) is 9.78 Å². The summed E-state index contributed by atoms with van der Waals surface area (Å²) in [5.74, 6) is 1.11. The van der Waals surface area contributed by atoms with Crippen molar-refractivity contribution in [3.63, 3.8) is 0 Å². The number of amides is 1. The van der Waals surface area contributed by atoms with Crippen molar-refractivity contribution in [3.8, 4) is 0 Å². The van der Waals surface area contributed by atoms with E-state index in [9.17, 15) is 4.79 Å². The van der Waals surface area contributed by atoms with Crippen LogP contribution in [-0.4, -0.2) is 10.9 Å². The van der Waals surface area contributed by atoms with Crippen LogP contribution >= 0.6 is 15.9 Å². The number of nitrogens with one attached hydrogen (secondary N) is 1. The van der Waals surface area contributed by atoms with Crippen molar-refractivity contribution in [2.45, 2.75) is 34.6 Å². The molecule has 0 aliphatic rings. The number of furan rings is 1. The topological polar surface area (TPSA) is 55.1 Å². The molecule has 2 aromatic heterocycles. The standard InChI is InChI=1S/C15H17BrN2O2/c1-7-6-8(2)17-9(3)14(7)18-15(19)12-10(4)20-11(5)13(12)16/h6H,1-5H3,(H,18,19). The fraction of sp³-hybridized carbons (Fsp3) is 0.333. The highest BCUT2D eigenvalue weighted by atomic mass is 79.9. The molecule has 0 radical (unpaired) electrons. The Morgan fingerprint density at radius 3 is 2.35 bits per heavy atom. The molecule has 2 heterocycles. The number of hydrogen-bond acceptors (Lipinski definition) is 3. The van der Waals surface area contributed by atoms with Gasteiger partial charge in [0.15, 0.2) is 0 Å². The first-order valence-electron chi connectivity index (χ1n) is 6.33. The van der Waals surface area contributed by atoms with E-state index in [1.54, 1.807) is 6.92 Å². The number of hydrogen-bond donors (Lipinski definition) is 1. The van der Waals surface area contributed by atoms with Crippen LogP contribution in [0.2, 0.25) is 0 Å². The minimum atomic E-state index is -0.192. The van der Waals surface area contributed by atoms with E-state index in [2.05, 4.69) is 26.2 Å². The smallest absolute Gasteiger partial charge is 0.260 e. The van der Waals surface area contributed by atoms with Crippen molar-refractivity contribution in [1.82, 2.24) is 4.98 Å². The molecule has 4 nitrogen and oxygen atoms in total. The van der Waals surface area contributed by atoms with Crippen LogP contribution in [0.5, 0.6) is 0 Å². The van der Waals surface area contributed by atoms with Crippen molar-refractivity contribution in [2.24, 2.45) is 0 Å². The molecule has 0 saturated heterocycles. The number of rotatable bonds is 2. The molecule has 5 heteroatoms. The summed E-state index contributed by atoms with van der Waals surface area (Å²) in [5.41, 5.74) is 4.03. The Hall–Kier alpha value is -1.62. The number of pyridine rings is 1. The van der Waals surface area contributed by atoms with Crippen molar-refractivity contribution < 1.29 is 9.21 Å². The number of aryl methyl sites for hydroxylation is 5. The second-order valence-corrected chi connectivity index (χ2v) is 5.69. The van der Waals surface area contributed by atoms with E-state index in [1.165, 1.54) is 0 Å². The Morgan fingerprint density at radius 2 is 1.85 bits per heavy atom. The highest BCUT2D eigenvalue weighted by Crippen LogP contribution is 2.29. The van der Waals surface area contributed by atoms with Crippen LogP contribution in [0.1, 0.15) is 38.8 Å². The zero-order valence-electron chi connectivity index (χ0n) is 12.2. The third-order valence-corrected chi connectivity index (χ3v) is 4.13. The maximum atomic E-state index is 12.4. The molecule has 0 aromatic carbocycles. The molecule has 0 bridgehead atoms. The number of aromatic nitrogens is 1. The van der Waals surface area contributed by atoms with Crippen LogP contribution < -0.4 is 5.32 Å². The highest BCUT2D eigenvalue weighted by molar-refractivity contribution is 9.10. The van der Waals surface area contributed by atoms with Gasteiger partial charge in [0.1, 0.15) is 11.5 Å². The number of halogens is 1. The third kappa shape index (κ3) is 2.63. The summed E-state index contributed by atoms with van der Waals surface area (Å²) in [6, 6.07) is 1.95. The minimum Gasteiger partial charge on any atom is -0.465 e. The van der Waals surface area contributed by atoms with Gasteiger partial charge in [0.25, 0.3) is 5.91 Å². The van der Waals surface area contributed by atoms with Crippen LogP contribution in [0.15, 0.2) is 15.0 Å². The van der Waals surface area contributed by atoms with Gasteiger partial charge in [-0.25, -0.2) is 0 Å². The van der Waals surface area contributed by atoms with Crippen LogP contribution in [0.3, 0.4) is 0 Å². The molecule has 1 N–H and O–H groups in total. The predicted octanol–water partition coefficient (Wildman–Crippen LogP) is 4.23. The lowest BCUT2D eigenvalue weighted by atomic mass is 10.1. The molecule has 20 heavy (non-hydrogen) atoms. The van der Waals surface area contributed by atoms with Crippen LogP contribution in [0, 0.1) is 34.6 Å². The summed E-state index contributed by atoms with van der Waals surface area (Å²) in [4.78, 5) is 16.8. The van der Waals surface area contributed by atoms with Crippen LogP contribution in [0.4, 0.5) is 5.69 Å². The zero-order valence-corrected chi connectivity index (χ0v) is 13.8. The molecule has 1 amide bonds. The predicted molar refractivity (Wildman–Crippen MR) is 82.3 cm³/mol. The number of carbonyl (C=O) groups excluding carboxylic acids is 1. The molecule has 0 saturated carbocycles. The van der Waals surface area contributed by atoms with Gasteiger partial charge in [0.2, 0.25) is 0 Å². The molecule has 0 fully saturated rings. The number of carbonyl (C=O) groups is 1. The quantitative estimate of drug-likeness (QED) is 0.892. The average molecular weight is 337 g/mol. The van der Waals surface area contributed by atoms with E-state index in [-0.39, 0.29) is 5.91 Å². The summed E-state index contributed by atoms with van der Waals surface area (Å²) >= 11 is 3.39. The molecule has 0 spiro atoms. The van der Waals surface area contributed by atoms with E-state index < -0.39 is 0 Å². The summed E-state index contributed by atoms with van der Waals surface area (Å²) < 4.78 is 6.16. The van der Waals surface area contributed by atoms with Crippen LogP contribution in [-0.2, 0) is 0 Å². The van der Waals surface area contributed by atoms with Gasteiger partial charge < -0.3 is 9.73 Å². The van der Waals surface area contributed by atoms with Crippen LogP contribution in [0.25, 0.3) is 0 Å². The molecule has 2 rings (SSSR count). The maximum absolute atomic E-state index is 12.4. The maximum Gasteiger partial charge on any atom is 0.260 e. The Labute approximate surface area is 126 Å². The Bertz CT molecular complexity index is 666. The minimum absolute atomic E-state index is 0.192. The normalized spacial score (nSPS) is 10.7. The molecular formula is C15H17BrN2O2. The van der Waals surface area contributed by atoms with Crippen molar-refractivity contribution in [3.05, 3.63) is 44.6 Å². The molecule has 0 aliphatic carbocycles. The summed E-state index contributed by atoms with van der Waals surface area (Å²) in [7, 11) is 0. The van der Waals surface area contributed by atoms with Crippen molar-refractivity contribution >= 4 is 27.5 Å². The third-order valence-electron chi connectivity index (χ3n) is 3.18. The zero-order chi connectivity index (χ0) is 15.0. The molecule has 0 aliphatic heterocycles. The fourth-order valence-corrected chi connectivity index (χ4v) is 2.84. The lowest BCUT2D eigenvalue weighted by Gasteiger charge is -2.11. The SMILES string of the molecule is Cc1cc(C)c(NC(=O)c2c(C)oc(C)c2Br)c(C)n1. The molecule has 106 valence electrons. The monoisotopic (exact) mass is 336 g/mol. The average Bonchev–Trinajstić information content (AvgIpc) is 2.58. The first-order chi connectivity index (χ1) is 9.31. The van der Waals surface area contributed by atoms with E-state index in [1.807, 2.05) is 33.8 Å². The largest absolute Gasteiger partial charge is 0.465 e. The first kappa shape index (κ1) is 14.8. The molecule has 0 atom stereocenters. The van der Waals surface area contributed by atoms with Gasteiger partial charge in [0.05, 0.1) is 21.4 Å². The fourth-order valence-electron chi connectivity index (χ4n) is 2.30. The van der Waals surface area contributed by atoms with E-state index in [0.29, 0.717) is 21.6 Å². The second-order valence-electron chi connectivity index (χ2n) is 4.90. The molecule has 2 aromatic rings. The lowest BCUT2D eigenvalue weighted by molar-refractivity contribution is 0.102. The molecular weight excluding hydrogens is 320 g/mol.